The largest absolute Gasteiger partial charge is 0.450 e. The number of hydrogen-bond donors (Lipinski definition) is 2. The van der Waals surface area contributed by atoms with Crippen LogP contribution < -0.4 is 16.2 Å². The summed E-state index contributed by atoms with van der Waals surface area (Å²) in [4.78, 5) is 24.2. The summed E-state index contributed by atoms with van der Waals surface area (Å²) in [5.41, 5.74) is 2.55. The number of hydrazine groups is 1. The van der Waals surface area contributed by atoms with Gasteiger partial charge in [-0.2, -0.15) is 0 Å². The lowest BCUT2D eigenvalue weighted by atomic mass is 10.3. The number of amides is 1. The number of aromatic nitrogens is 2. The lowest BCUT2D eigenvalue weighted by Gasteiger charge is -2.34. The molecule has 8 nitrogen and oxygen atoms in total. The zero-order valence-electron chi connectivity index (χ0n) is 12.2. The van der Waals surface area contributed by atoms with Crippen molar-refractivity contribution >= 4 is 29.5 Å². The Balaban J connectivity index is 2.03. The van der Waals surface area contributed by atoms with Gasteiger partial charge in [0, 0.05) is 32.2 Å². The Morgan fingerprint density at radius 3 is 2.71 bits per heavy atom. The molecule has 116 valence electrons. The summed E-state index contributed by atoms with van der Waals surface area (Å²) in [5.74, 6) is 6.82. The van der Waals surface area contributed by atoms with Crippen molar-refractivity contribution in [2.75, 3.05) is 49.4 Å². The van der Waals surface area contributed by atoms with Crippen LogP contribution in [0.25, 0.3) is 0 Å². The molecule has 0 aliphatic carbocycles. The molecular weight excluding hydrogens is 292 g/mol. The number of piperazine rings is 1. The van der Waals surface area contributed by atoms with Crippen LogP contribution in [0, 0.1) is 0 Å². The van der Waals surface area contributed by atoms with E-state index in [9.17, 15) is 4.79 Å². The average Bonchev–Trinajstić information content (AvgIpc) is 2.54. The fraction of sp³-hybridized carbons (Fsp3) is 0.583. The van der Waals surface area contributed by atoms with E-state index in [4.69, 9.17) is 10.6 Å². The number of rotatable bonds is 4. The van der Waals surface area contributed by atoms with Crippen LogP contribution in [0.3, 0.4) is 0 Å². The molecule has 1 saturated heterocycles. The predicted molar refractivity (Wildman–Crippen MR) is 82.4 cm³/mol. The first-order chi connectivity index (χ1) is 10.2. The summed E-state index contributed by atoms with van der Waals surface area (Å²) < 4.78 is 5.01. The molecule has 0 atom stereocenters. The van der Waals surface area contributed by atoms with Crippen LogP contribution >= 0.6 is 11.8 Å². The molecule has 1 aliphatic rings. The van der Waals surface area contributed by atoms with Gasteiger partial charge in [-0.3, -0.25) is 0 Å². The van der Waals surface area contributed by atoms with Crippen molar-refractivity contribution in [2.24, 2.45) is 5.84 Å². The number of carbonyl (C=O) groups is 1. The summed E-state index contributed by atoms with van der Waals surface area (Å²) in [6.45, 7) is 4.83. The molecule has 1 aromatic heterocycles. The Hall–Kier alpha value is -1.74. The number of nitrogens with one attached hydrogen (secondary N) is 1. The van der Waals surface area contributed by atoms with E-state index in [1.54, 1.807) is 17.9 Å². The molecule has 0 aromatic carbocycles. The molecule has 1 aliphatic heterocycles. The van der Waals surface area contributed by atoms with Crippen molar-refractivity contribution in [3.05, 3.63) is 6.07 Å². The first kappa shape index (κ1) is 15.6. The Kier molecular flexibility index (Phi) is 5.45. The van der Waals surface area contributed by atoms with Crippen LogP contribution in [0.2, 0.25) is 0 Å². The van der Waals surface area contributed by atoms with E-state index in [-0.39, 0.29) is 6.09 Å². The van der Waals surface area contributed by atoms with Gasteiger partial charge in [-0.05, 0) is 13.2 Å². The van der Waals surface area contributed by atoms with Gasteiger partial charge in [0.25, 0.3) is 0 Å². The minimum absolute atomic E-state index is 0.256. The molecule has 0 saturated carbocycles. The smallest absolute Gasteiger partial charge is 0.409 e. The van der Waals surface area contributed by atoms with E-state index in [0.29, 0.717) is 43.8 Å². The van der Waals surface area contributed by atoms with E-state index < -0.39 is 0 Å². The molecule has 2 heterocycles. The van der Waals surface area contributed by atoms with E-state index in [1.807, 2.05) is 6.26 Å². The maximum absolute atomic E-state index is 11.7. The highest BCUT2D eigenvalue weighted by Crippen LogP contribution is 2.21. The first-order valence-electron chi connectivity index (χ1n) is 6.74. The molecule has 0 radical (unpaired) electrons. The third-order valence-electron chi connectivity index (χ3n) is 3.15. The van der Waals surface area contributed by atoms with Gasteiger partial charge < -0.3 is 20.0 Å². The number of carbonyl (C=O) groups excluding carboxylic acids is 1. The van der Waals surface area contributed by atoms with Crippen molar-refractivity contribution in [2.45, 2.75) is 12.1 Å². The molecule has 3 N–H and O–H groups in total. The van der Waals surface area contributed by atoms with Gasteiger partial charge >= 0.3 is 6.09 Å². The van der Waals surface area contributed by atoms with Crippen molar-refractivity contribution in [3.63, 3.8) is 0 Å². The fourth-order valence-electron chi connectivity index (χ4n) is 2.07. The number of anilines is 2. The monoisotopic (exact) mass is 312 g/mol. The SMILES string of the molecule is CCOC(=O)N1CCN(c2cc(NN)nc(SC)n2)CC1. The number of hydrogen-bond acceptors (Lipinski definition) is 8. The quantitative estimate of drug-likeness (QED) is 0.364. The average molecular weight is 312 g/mol. The number of nitrogens with two attached hydrogens (primary N) is 1. The lowest BCUT2D eigenvalue weighted by Crippen LogP contribution is -2.49. The highest BCUT2D eigenvalue weighted by atomic mass is 32.2. The van der Waals surface area contributed by atoms with E-state index in [2.05, 4.69) is 20.3 Å². The summed E-state index contributed by atoms with van der Waals surface area (Å²) in [7, 11) is 0. The molecule has 2 rings (SSSR count). The minimum atomic E-state index is -0.256. The first-order valence-corrected chi connectivity index (χ1v) is 7.96. The maximum Gasteiger partial charge on any atom is 0.409 e. The van der Waals surface area contributed by atoms with Gasteiger partial charge in [-0.15, -0.1) is 0 Å². The molecule has 9 heteroatoms. The number of nitrogens with zero attached hydrogens (tertiary/aromatic N) is 4. The Labute approximate surface area is 128 Å². The highest BCUT2D eigenvalue weighted by molar-refractivity contribution is 7.98. The Morgan fingerprint density at radius 1 is 1.43 bits per heavy atom. The topological polar surface area (TPSA) is 96.6 Å². The molecular formula is C12H20N6O2S. The molecule has 0 spiro atoms. The molecule has 21 heavy (non-hydrogen) atoms. The van der Waals surface area contributed by atoms with E-state index in [0.717, 1.165) is 5.82 Å². The zero-order chi connectivity index (χ0) is 15.2. The van der Waals surface area contributed by atoms with E-state index in [1.165, 1.54) is 11.8 Å². The minimum Gasteiger partial charge on any atom is -0.450 e. The molecule has 1 fully saturated rings. The maximum atomic E-state index is 11.7. The molecule has 0 unspecified atom stereocenters. The van der Waals surface area contributed by atoms with Gasteiger partial charge in [0.2, 0.25) is 0 Å². The predicted octanol–water partition coefficient (Wildman–Crippen LogP) is 0.763. The summed E-state index contributed by atoms with van der Waals surface area (Å²) in [6, 6.07) is 1.81. The van der Waals surface area contributed by atoms with Crippen molar-refractivity contribution in [1.29, 1.82) is 0 Å². The van der Waals surface area contributed by atoms with Crippen LogP contribution in [0.15, 0.2) is 11.2 Å². The number of thioether (sulfide) groups is 1. The second-order valence-corrected chi connectivity index (χ2v) is 5.19. The standard InChI is InChI=1S/C12H20N6O2S/c1-3-20-12(19)18-6-4-17(5-7-18)10-8-9(16-13)14-11(15-10)21-2/h8H,3-7,13H2,1-2H3,(H,14,15,16). The van der Waals surface area contributed by atoms with Gasteiger partial charge in [0.1, 0.15) is 11.6 Å². The van der Waals surface area contributed by atoms with Gasteiger partial charge in [0.15, 0.2) is 5.16 Å². The number of nitrogen functional groups attached to an aromatic ring is 1. The number of ether oxygens (including phenoxy) is 1. The summed E-state index contributed by atoms with van der Waals surface area (Å²) in [5, 5.41) is 0.660. The van der Waals surface area contributed by atoms with Crippen molar-refractivity contribution in [1.82, 2.24) is 14.9 Å². The van der Waals surface area contributed by atoms with Crippen LogP contribution in [-0.2, 0) is 4.74 Å². The second-order valence-electron chi connectivity index (χ2n) is 4.42. The summed E-state index contributed by atoms with van der Waals surface area (Å²) >= 11 is 1.46. The van der Waals surface area contributed by atoms with Crippen molar-refractivity contribution < 1.29 is 9.53 Å². The van der Waals surface area contributed by atoms with Crippen LogP contribution in [0.4, 0.5) is 16.4 Å². The van der Waals surface area contributed by atoms with E-state index >= 15 is 0 Å². The normalized spacial score (nSPS) is 15.0. The fourth-order valence-corrected chi connectivity index (χ4v) is 2.45. The van der Waals surface area contributed by atoms with Gasteiger partial charge in [-0.1, -0.05) is 11.8 Å². The highest BCUT2D eigenvalue weighted by Gasteiger charge is 2.23. The van der Waals surface area contributed by atoms with Gasteiger partial charge in [0.05, 0.1) is 6.61 Å². The lowest BCUT2D eigenvalue weighted by molar-refractivity contribution is 0.105. The molecule has 1 aromatic rings. The van der Waals surface area contributed by atoms with Crippen LogP contribution in [0.5, 0.6) is 0 Å². The van der Waals surface area contributed by atoms with Crippen molar-refractivity contribution in [3.8, 4) is 0 Å². The van der Waals surface area contributed by atoms with Gasteiger partial charge in [-0.25, -0.2) is 20.6 Å². The van der Waals surface area contributed by atoms with Crippen LogP contribution in [0.1, 0.15) is 6.92 Å². The molecule has 0 bridgehead atoms. The van der Waals surface area contributed by atoms with Crippen LogP contribution in [-0.4, -0.2) is 60.0 Å². The third kappa shape index (κ3) is 3.88. The Bertz CT molecular complexity index is 470. The second kappa shape index (κ2) is 7.32. The zero-order valence-corrected chi connectivity index (χ0v) is 13.0. The third-order valence-corrected chi connectivity index (χ3v) is 3.70. The summed E-state index contributed by atoms with van der Waals surface area (Å²) in [6.07, 6.45) is 1.66. The molecule has 1 amide bonds. The Morgan fingerprint density at radius 2 is 2.14 bits per heavy atom.